The van der Waals surface area contributed by atoms with E-state index in [0.717, 1.165) is 23.1 Å². The van der Waals surface area contributed by atoms with Gasteiger partial charge in [0, 0.05) is 36.2 Å². The van der Waals surface area contributed by atoms with Gasteiger partial charge in [0.25, 0.3) is 5.91 Å². The average Bonchev–Trinajstić information content (AvgIpc) is 3.22. The van der Waals surface area contributed by atoms with Gasteiger partial charge < -0.3 is 14.2 Å². The zero-order chi connectivity index (χ0) is 20.9. The molecule has 8 heteroatoms. The lowest BCUT2D eigenvalue weighted by atomic mass is 10.1. The minimum atomic E-state index is -0.00276. The summed E-state index contributed by atoms with van der Waals surface area (Å²) >= 11 is 3.38. The second-order valence-corrected chi connectivity index (χ2v) is 8.19. The molecule has 1 fully saturated rings. The predicted molar refractivity (Wildman–Crippen MR) is 116 cm³/mol. The van der Waals surface area contributed by atoms with E-state index in [1.165, 1.54) is 5.56 Å². The van der Waals surface area contributed by atoms with Gasteiger partial charge in [0.2, 0.25) is 11.7 Å². The highest BCUT2D eigenvalue weighted by molar-refractivity contribution is 9.10. The van der Waals surface area contributed by atoms with E-state index in [1.807, 2.05) is 60.4 Å². The van der Waals surface area contributed by atoms with Crippen molar-refractivity contribution in [3.05, 3.63) is 64.5 Å². The van der Waals surface area contributed by atoms with Gasteiger partial charge in [-0.05, 0) is 31.2 Å². The summed E-state index contributed by atoms with van der Waals surface area (Å²) in [4.78, 5) is 21.0. The molecule has 1 aromatic heterocycles. The van der Waals surface area contributed by atoms with Crippen molar-refractivity contribution in [3.8, 4) is 17.1 Å². The molecule has 0 bridgehead atoms. The molecule has 0 saturated carbocycles. The maximum absolute atomic E-state index is 12.4. The Morgan fingerprint density at radius 2 is 1.77 bits per heavy atom. The normalized spacial score (nSPS) is 14.7. The minimum Gasteiger partial charge on any atom is -0.484 e. The maximum atomic E-state index is 12.4. The summed E-state index contributed by atoms with van der Waals surface area (Å²) in [5.41, 5.74) is 2.13. The molecule has 1 aliphatic rings. The van der Waals surface area contributed by atoms with Gasteiger partial charge in [-0.3, -0.25) is 9.69 Å². The third kappa shape index (κ3) is 5.25. The molecule has 4 rings (SSSR count). The molecule has 2 heterocycles. The Balaban J connectivity index is 1.24. The summed E-state index contributed by atoms with van der Waals surface area (Å²) in [6, 6.07) is 15.5. The molecule has 30 heavy (non-hydrogen) atoms. The van der Waals surface area contributed by atoms with E-state index >= 15 is 0 Å². The van der Waals surface area contributed by atoms with Crippen molar-refractivity contribution in [1.82, 2.24) is 19.9 Å². The molecule has 0 spiro atoms. The number of benzene rings is 2. The van der Waals surface area contributed by atoms with Crippen molar-refractivity contribution in [2.75, 3.05) is 32.8 Å². The number of aryl methyl sites for hydroxylation is 1. The zero-order valence-corrected chi connectivity index (χ0v) is 18.3. The fourth-order valence-corrected chi connectivity index (χ4v) is 3.52. The van der Waals surface area contributed by atoms with Crippen LogP contribution in [-0.2, 0) is 11.3 Å². The van der Waals surface area contributed by atoms with Crippen molar-refractivity contribution in [2.45, 2.75) is 13.5 Å². The van der Waals surface area contributed by atoms with E-state index in [0.29, 0.717) is 37.1 Å². The number of amides is 1. The molecular weight excluding hydrogens is 448 g/mol. The number of hydrogen-bond acceptors (Lipinski definition) is 6. The van der Waals surface area contributed by atoms with E-state index in [1.54, 1.807) is 0 Å². The number of hydrogen-bond donors (Lipinski definition) is 0. The molecule has 1 aliphatic heterocycles. The molecule has 0 atom stereocenters. The Labute approximate surface area is 183 Å². The molecular formula is C22H23BrN4O3. The van der Waals surface area contributed by atoms with Gasteiger partial charge >= 0.3 is 0 Å². The van der Waals surface area contributed by atoms with Crippen LogP contribution in [0.25, 0.3) is 11.4 Å². The molecule has 0 N–H and O–H groups in total. The number of rotatable bonds is 6. The molecule has 0 radical (unpaired) electrons. The van der Waals surface area contributed by atoms with Crippen LogP contribution >= 0.6 is 15.9 Å². The fraction of sp³-hybridized carbons (Fsp3) is 0.318. The Hall–Kier alpha value is -2.71. The predicted octanol–water partition coefficient (Wildman–Crippen LogP) is 3.53. The molecule has 1 saturated heterocycles. The quantitative estimate of drug-likeness (QED) is 0.548. The van der Waals surface area contributed by atoms with Crippen LogP contribution in [0.2, 0.25) is 0 Å². The monoisotopic (exact) mass is 470 g/mol. The number of halogens is 1. The lowest BCUT2D eigenvalue weighted by Gasteiger charge is -2.33. The summed E-state index contributed by atoms with van der Waals surface area (Å²) in [6.07, 6.45) is 0. The van der Waals surface area contributed by atoms with Gasteiger partial charge in [0.05, 0.1) is 6.54 Å². The first-order valence-corrected chi connectivity index (χ1v) is 10.6. The van der Waals surface area contributed by atoms with E-state index in [9.17, 15) is 4.79 Å². The summed E-state index contributed by atoms with van der Waals surface area (Å²) < 4.78 is 12.0. The topological polar surface area (TPSA) is 71.7 Å². The molecule has 3 aromatic rings. The van der Waals surface area contributed by atoms with Crippen LogP contribution in [-0.4, -0.2) is 58.6 Å². The average molecular weight is 471 g/mol. The second kappa shape index (κ2) is 9.40. The number of piperazine rings is 1. The first kappa shape index (κ1) is 20.6. The second-order valence-electron chi connectivity index (χ2n) is 7.28. The van der Waals surface area contributed by atoms with E-state index < -0.39 is 0 Å². The number of carbonyl (C=O) groups is 1. The van der Waals surface area contributed by atoms with Crippen molar-refractivity contribution in [1.29, 1.82) is 0 Å². The first-order chi connectivity index (χ1) is 14.6. The van der Waals surface area contributed by atoms with Crippen molar-refractivity contribution < 1.29 is 14.1 Å². The Kier molecular flexibility index (Phi) is 6.44. The molecule has 1 amide bonds. The SMILES string of the molecule is Cc1ccc(-c2noc(CN3CCN(C(=O)COc4ccc(Br)cc4)CC3)n2)cc1. The molecule has 2 aromatic carbocycles. The Morgan fingerprint density at radius 3 is 2.47 bits per heavy atom. The zero-order valence-electron chi connectivity index (χ0n) is 16.8. The Morgan fingerprint density at radius 1 is 1.07 bits per heavy atom. The van der Waals surface area contributed by atoms with E-state index in [2.05, 4.69) is 31.0 Å². The largest absolute Gasteiger partial charge is 0.484 e. The van der Waals surface area contributed by atoms with Crippen molar-refractivity contribution >= 4 is 21.8 Å². The smallest absolute Gasteiger partial charge is 0.260 e. The summed E-state index contributed by atoms with van der Waals surface area (Å²) in [5, 5.41) is 4.09. The Bertz CT molecular complexity index is 980. The number of aromatic nitrogens is 2. The van der Waals surface area contributed by atoms with Crippen LogP contribution in [0.1, 0.15) is 11.5 Å². The fourth-order valence-electron chi connectivity index (χ4n) is 3.25. The third-order valence-corrected chi connectivity index (χ3v) is 5.57. The van der Waals surface area contributed by atoms with Gasteiger partial charge in [-0.15, -0.1) is 0 Å². The summed E-state index contributed by atoms with van der Waals surface area (Å²) in [5.74, 6) is 1.87. The highest BCUT2D eigenvalue weighted by Gasteiger charge is 2.23. The van der Waals surface area contributed by atoms with E-state index in [-0.39, 0.29) is 12.5 Å². The number of ether oxygens (including phenoxy) is 1. The van der Waals surface area contributed by atoms with Crippen LogP contribution in [0.4, 0.5) is 0 Å². The van der Waals surface area contributed by atoms with Crippen LogP contribution in [0.15, 0.2) is 57.5 Å². The molecule has 0 aliphatic carbocycles. The van der Waals surface area contributed by atoms with Crippen LogP contribution in [0.5, 0.6) is 5.75 Å². The van der Waals surface area contributed by atoms with Gasteiger partial charge in [0.1, 0.15) is 5.75 Å². The van der Waals surface area contributed by atoms with Gasteiger partial charge in [-0.1, -0.05) is 50.9 Å². The summed E-state index contributed by atoms with van der Waals surface area (Å²) in [6.45, 7) is 5.49. The highest BCUT2D eigenvalue weighted by Crippen LogP contribution is 2.18. The first-order valence-electron chi connectivity index (χ1n) is 9.85. The number of nitrogens with zero attached hydrogens (tertiary/aromatic N) is 4. The number of carbonyl (C=O) groups excluding carboxylic acids is 1. The van der Waals surface area contributed by atoms with Gasteiger partial charge in [-0.25, -0.2) is 0 Å². The summed E-state index contributed by atoms with van der Waals surface area (Å²) in [7, 11) is 0. The van der Waals surface area contributed by atoms with Crippen LogP contribution in [0, 0.1) is 6.92 Å². The standard InChI is InChI=1S/C22H23BrN4O3/c1-16-2-4-17(5-3-16)22-24-20(30-25-22)14-26-10-12-27(13-11-26)21(28)15-29-19-8-6-18(23)7-9-19/h2-9H,10-15H2,1H3. The molecule has 156 valence electrons. The van der Waals surface area contributed by atoms with Gasteiger partial charge in [-0.2, -0.15) is 4.98 Å². The van der Waals surface area contributed by atoms with E-state index in [4.69, 9.17) is 9.26 Å². The maximum Gasteiger partial charge on any atom is 0.260 e. The third-order valence-electron chi connectivity index (χ3n) is 5.04. The lowest BCUT2D eigenvalue weighted by molar-refractivity contribution is -0.135. The molecule has 7 nitrogen and oxygen atoms in total. The lowest BCUT2D eigenvalue weighted by Crippen LogP contribution is -2.49. The van der Waals surface area contributed by atoms with Crippen molar-refractivity contribution in [3.63, 3.8) is 0 Å². The highest BCUT2D eigenvalue weighted by atomic mass is 79.9. The van der Waals surface area contributed by atoms with Crippen molar-refractivity contribution in [2.24, 2.45) is 0 Å². The molecule has 0 unspecified atom stereocenters. The van der Waals surface area contributed by atoms with Crippen LogP contribution < -0.4 is 4.74 Å². The van der Waals surface area contributed by atoms with Gasteiger partial charge in [0.15, 0.2) is 6.61 Å². The minimum absolute atomic E-state index is 0.00276. The van der Waals surface area contributed by atoms with Crippen LogP contribution in [0.3, 0.4) is 0 Å².